The second-order valence-corrected chi connectivity index (χ2v) is 8.84. The molecule has 0 aliphatic carbocycles. The Morgan fingerprint density at radius 3 is 2.50 bits per heavy atom. The topological polar surface area (TPSA) is 119 Å². The van der Waals surface area contributed by atoms with Crippen LogP contribution in [0, 0.1) is 0 Å². The molecule has 0 saturated carbocycles. The van der Waals surface area contributed by atoms with Crippen LogP contribution in [0.25, 0.3) is 11.1 Å². The first-order chi connectivity index (χ1) is 17.1. The number of carbonyl (C=O) groups excluding carboxylic acids is 1. The molecule has 5 rings (SSSR count). The lowest BCUT2D eigenvalue weighted by Crippen LogP contribution is -2.41. The predicted molar refractivity (Wildman–Crippen MR) is 123 cm³/mol. The molecule has 0 saturated heterocycles. The molecule has 9 nitrogen and oxygen atoms in total. The van der Waals surface area contributed by atoms with Crippen molar-refractivity contribution in [2.75, 3.05) is 18.5 Å². The van der Waals surface area contributed by atoms with Gasteiger partial charge in [0.1, 0.15) is 23.5 Å². The molecule has 2 aliphatic heterocycles. The Kier molecular flexibility index (Phi) is 5.68. The van der Waals surface area contributed by atoms with Gasteiger partial charge in [-0.3, -0.25) is 9.59 Å². The second kappa shape index (κ2) is 8.61. The summed E-state index contributed by atoms with van der Waals surface area (Å²) in [5, 5.41) is 21.8. The molecule has 1 aromatic heterocycles. The molecular weight excluding hydrogens is 478 g/mol. The predicted octanol–water partition coefficient (Wildman–Crippen LogP) is 2.48. The minimum atomic E-state index is -3.82. The number of rotatable bonds is 6. The number of nitrogens with one attached hydrogen (secondary N) is 1. The lowest BCUT2D eigenvalue weighted by Gasteiger charge is -2.22. The highest BCUT2D eigenvalue weighted by molar-refractivity contribution is 6.00. The van der Waals surface area contributed by atoms with Gasteiger partial charge in [0.2, 0.25) is 5.91 Å². The van der Waals surface area contributed by atoms with E-state index in [0.717, 1.165) is 5.56 Å². The number of anilines is 1. The van der Waals surface area contributed by atoms with Gasteiger partial charge in [0.15, 0.2) is 11.5 Å². The van der Waals surface area contributed by atoms with Crippen molar-refractivity contribution >= 4 is 11.6 Å². The number of carbonyl (C=O) groups is 1. The van der Waals surface area contributed by atoms with E-state index in [2.05, 4.69) is 14.8 Å². The van der Waals surface area contributed by atoms with Crippen molar-refractivity contribution in [1.82, 2.24) is 4.57 Å². The number of aliphatic hydroxyl groups is 2. The normalized spacial score (nSPS) is 19.9. The van der Waals surface area contributed by atoms with Crippen molar-refractivity contribution in [2.45, 2.75) is 31.3 Å². The Labute approximate surface area is 203 Å². The fourth-order valence-corrected chi connectivity index (χ4v) is 4.21. The summed E-state index contributed by atoms with van der Waals surface area (Å²) in [6.45, 7) is 0.706. The summed E-state index contributed by atoms with van der Waals surface area (Å²) in [4.78, 5) is 26.6. The van der Waals surface area contributed by atoms with E-state index in [0.29, 0.717) is 11.1 Å². The highest BCUT2D eigenvalue weighted by Crippen LogP contribution is 2.50. The molecule has 2 atom stereocenters. The lowest BCUT2D eigenvalue weighted by atomic mass is 9.83. The average Bonchev–Trinajstić information content (AvgIpc) is 3.34. The van der Waals surface area contributed by atoms with Crippen LogP contribution in [0.2, 0.25) is 0 Å². The number of aliphatic hydroxyl groups excluding tert-OH is 2. The first kappa shape index (κ1) is 23.8. The third-order valence-electron chi connectivity index (χ3n) is 6.17. The molecule has 1 amide bonds. The van der Waals surface area contributed by atoms with Crippen molar-refractivity contribution in [2.24, 2.45) is 0 Å². The van der Waals surface area contributed by atoms with Crippen LogP contribution in [-0.2, 0) is 16.8 Å². The number of benzene rings is 2. The van der Waals surface area contributed by atoms with E-state index in [1.807, 2.05) is 30.3 Å². The largest absolute Gasteiger partial charge is 0.586 e. The number of alkyl halides is 2. The molecule has 0 fully saturated rings. The maximum absolute atomic E-state index is 13.5. The van der Waals surface area contributed by atoms with Crippen molar-refractivity contribution < 1.29 is 38.0 Å². The molecule has 2 aromatic carbocycles. The van der Waals surface area contributed by atoms with Gasteiger partial charge in [-0.1, -0.05) is 30.3 Å². The van der Waals surface area contributed by atoms with E-state index < -0.39 is 35.9 Å². The van der Waals surface area contributed by atoms with Gasteiger partial charge in [-0.05, 0) is 24.6 Å². The molecule has 3 N–H and O–H groups in total. The zero-order valence-electron chi connectivity index (χ0n) is 19.0. The van der Waals surface area contributed by atoms with E-state index in [9.17, 15) is 28.6 Å². The Hall–Kier alpha value is -3.96. The number of halogens is 2. The molecule has 188 valence electrons. The van der Waals surface area contributed by atoms with Crippen molar-refractivity contribution in [3.63, 3.8) is 0 Å². The monoisotopic (exact) mass is 500 g/mol. The van der Waals surface area contributed by atoms with Crippen LogP contribution < -0.4 is 25.1 Å². The van der Waals surface area contributed by atoms with Gasteiger partial charge < -0.3 is 34.3 Å². The minimum absolute atomic E-state index is 0.0616. The van der Waals surface area contributed by atoms with Gasteiger partial charge >= 0.3 is 6.29 Å². The third kappa shape index (κ3) is 4.16. The average molecular weight is 500 g/mol. The van der Waals surface area contributed by atoms with Crippen LogP contribution >= 0.6 is 0 Å². The fourth-order valence-electron chi connectivity index (χ4n) is 4.21. The Morgan fingerprint density at radius 2 is 1.81 bits per heavy atom. The number of hydrogen-bond acceptors (Lipinski definition) is 7. The van der Waals surface area contributed by atoms with Gasteiger partial charge in [-0.2, -0.15) is 0 Å². The zero-order chi connectivity index (χ0) is 25.7. The summed E-state index contributed by atoms with van der Waals surface area (Å²) in [7, 11) is 0. The molecule has 0 radical (unpaired) electrons. The molecule has 0 spiro atoms. The van der Waals surface area contributed by atoms with Crippen LogP contribution in [0.15, 0.2) is 59.5 Å². The summed E-state index contributed by atoms with van der Waals surface area (Å²) in [6.07, 6.45) is -3.48. The molecule has 3 aromatic rings. The fraction of sp³-hybridized carbons (Fsp3) is 0.280. The highest BCUT2D eigenvalue weighted by atomic mass is 19.3. The third-order valence-corrected chi connectivity index (χ3v) is 6.17. The second-order valence-electron chi connectivity index (χ2n) is 8.84. The first-order valence-corrected chi connectivity index (χ1v) is 11.1. The van der Waals surface area contributed by atoms with E-state index in [1.54, 1.807) is 6.92 Å². The van der Waals surface area contributed by atoms with Crippen LogP contribution in [0.5, 0.6) is 17.2 Å². The minimum Gasteiger partial charge on any atom is -0.492 e. The lowest BCUT2D eigenvalue weighted by molar-refractivity contribution is -0.286. The van der Waals surface area contributed by atoms with Crippen molar-refractivity contribution in [3.05, 3.63) is 70.6 Å². The van der Waals surface area contributed by atoms with Gasteiger partial charge in [0.25, 0.3) is 5.56 Å². The smallest absolute Gasteiger partial charge is 0.492 e. The van der Waals surface area contributed by atoms with Gasteiger partial charge in [-0.25, -0.2) is 0 Å². The Morgan fingerprint density at radius 1 is 1.11 bits per heavy atom. The first-order valence-electron chi connectivity index (χ1n) is 11.1. The number of amides is 1. The molecule has 36 heavy (non-hydrogen) atoms. The van der Waals surface area contributed by atoms with Crippen LogP contribution in [0.1, 0.15) is 12.5 Å². The summed E-state index contributed by atoms with van der Waals surface area (Å²) in [6, 6.07) is 13.1. The molecule has 0 bridgehead atoms. The summed E-state index contributed by atoms with van der Waals surface area (Å²) < 4.78 is 42.8. The van der Waals surface area contributed by atoms with Crippen LogP contribution in [0.4, 0.5) is 14.5 Å². The zero-order valence-corrected chi connectivity index (χ0v) is 19.0. The number of ether oxygens (including phenoxy) is 3. The summed E-state index contributed by atoms with van der Waals surface area (Å²) in [5.74, 6) is -0.850. The quantitative estimate of drug-likeness (QED) is 0.476. The maximum Gasteiger partial charge on any atom is 0.586 e. The van der Waals surface area contributed by atoms with Gasteiger partial charge in [-0.15, -0.1) is 8.78 Å². The summed E-state index contributed by atoms with van der Waals surface area (Å²) >= 11 is 0. The van der Waals surface area contributed by atoms with E-state index in [-0.39, 0.29) is 36.1 Å². The molecular formula is C25H22F2N2O7. The van der Waals surface area contributed by atoms with Gasteiger partial charge in [0, 0.05) is 23.4 Å². The maximum atomic E-state index is 13.5. The van der Waals surface area contributed by atoms with Crippen molar-refractivity contribution in [3.8, 4) is 28.4 Å². The number of pyridine rings is 1. The van der Waals surface area contributed by atoms with E-state index >= 15 is 0 Å². The number of fused-ring (bicyclic) bond motifs is 2. The number of hydrogen-bond donors (Lipinski definition) is 3. The van der Waals surface area contributed by atoms with Crippen molar-refractivity contribution in [1.29, 1.82) is 0 Å². The number of nitrogens with zero attached hydrogens (tertiary/aromatic N) is 1. The SMILES string of the molecule is CC1(C(=O)Nc2cc(-c3ccccc3)cn(C[C@@H](O)CO)c2=O)COc2cc3c(cc21)OC(F)(F)O3. The number of aromatic nitrogens is 1. The standard InChI is InChI=1S/C25H22F2N2O7/c1-24(13-34-19-9-21-20(8-17(19)24)35-25(26,27)36-21)23(33)28-18-7-15(14-5-3-2-4-6-14)10-29(22(18)32)11-16(31)12-30/h2-10,16,30-31H,11-13H2,1H3,(H,28,33)/t16-,24?/m1/s1. The Balaban J connectivity index is 1.50. The van der Waals surface area contributed by atoms with Crippen LogP contribution in [0.3, 0.4) is 0 Å². The molecule has 11 heteroatoms. The van der Waals surface area contributed by atoms with E-state index in [4.69, 9.17) is 4.74 Å². The summed E-state index contributed by atoms with van der Waals surface area (Å²) in [5.41, 5.74) is -0.340. The Bertz CT molecular complexity index is 1390. The van der Waals surface area contributed by atoms with Gasteiger partial charge in [0.05, 0.1) is 19.3 Å². The van der Waals surface area contributed by atoms with E-state index in [1.165, 1.54) is 29.0 Å². The van der Waals surface area contributed by atoms with Crippen LogP contribution in [-0.4, -0.2) is 46.3 Å². The molecule has 3 heterocycles. The molecule has 1 unspecified atom stereocenters. The molecule has 2 aliphatic rings. The highest BCUT2D eigenvalue weighted by Gasteiger charge is 2.49.